The Labute approximate surface area is 148 Å². The molecule has 0 saturated heterocycles. The zero-order chi connectivity index (χ0) is 18.6. The predicted molar refractivity (Wildman–Crippen MR) is 98.0 cm³/mol. The SMILES string of the molecule is CCN(c1ccc(F)c([C@@]2(C)N=C(N)N(C)C(=O)C2(C)C)c1)C1CC1. The third-order valence-corrected chi connectivity index (χ3v) is 5.87. The molecule has 1 atom stereocenters. The lowest BCUT2D eigenvalue weighted by Gasteiger charge is -2.46. The van der Waals surface area contributed by atoms with Crippen molar-refractivity contribution in [1.82, 2.24) is 4.90 Å². The van der Waals surface area contributed by atoms with Crippen molar-refractivity contribution in [2.24, 2.45) is 16.1 Å². The van der Waals surface area contributed by atoms with Gasteiger partial charge < -0.3 is 10.6 Å². The number of guanidine groups is 1. The first-order valence-electron chi connectivity index (χ1n) is 8.83. The number of aliphatic imine (C=N–C) groups is 1. The lowest BCUT2D eigenvalue weighted by molar-refractivity contribution is -0.140. The lowest BCUT2D eigenvalue weighted by Crippen LogP contribution is -2.58. The number of anilines is 1. The van der Waals surface area contributed by atoms with E-state index in [9.17, 15) is 9.18 Å². The fourth-order valence-electron chi connectivity index (χ4n) is 3.68. The molecule has 6 heteroatoms. The molecule has 1 aliphatic heterocycles. The predicted octanol–water partition coefficient (Wildman–Crippen LogP) is 2.84. The van der Waals surface area contributed by atoms with Crippen LogP contribution in [0, 0.1) is 11.2 Å². The molecule has 0 bridgehead atoms. The highest BCUT2D eigenvalue weighted by molar-refractivity contribution is 6.01. The van der Waals surface area contributed by atoms with Gasteiger partial charge in [-0.25, -0.2) is 9.38 Å². The Kier molecular flexibility index (Phi) is 4.05. The summed E-state index contributed by atoms with van der Waals surface area (Å²) in [6.07, 6.45) is 2.33. The molecule has 1 aromatic carbocycles. The Morgan fingerprint density at radius 1 is 1.36 bits per heavy atom. The Morgan fingerprint density at radius 2 is 2.00 bits per heavy atom. The summed E-state index contributed by atoms with van der Waals surface area (Å²) in [6.45, 7) is 8.35. The van der Waals surface area contributed by atoms with Crippen molar-refractivity contribution in [2.45, 2.75) is 52.1 Å². The average molecular weight is 346 g/mol. The molecular formula is C19H27FN4O. The van der Waals surface area contributed by atoms with Gasteiger partial charge in [0.15, 0.2) is 5.96 Å². The largest absolute Gasteiger partial charge is 0.369 e. The molecule has 136 valence electrons. The number of carbonyl (C=O) groups excluding carboxylic acids is 1. The van der Waals surface area contributed by atoms with Crippen molar-refractivity contribution >= 4 is 17.6 Å². The van der Waals surface area contributed by atoms with Crippen LogP contribution in [0.4, 0.5) is 10.1 Å². The number of hydrogen-bond acceptors (Lipinski definition) is 4. The van der Waals surface area contributed by atoms with Crippen molar-refractivity contribution in [2.75, 3.05) is 18.5 Å². The molecule has 0 aromatic heterocycles. The number of hydrogen-bond donors (Lipinski definition) is 1. The minimum absolute atomic E-state index is 0.117. The first kappa shape index (κ1) is 17.7. The van der Waals surface area contributed by atoms with Crippen LogP contribution in [0.5, 0.6) is 0 Å². The van der Waals surface area contributed by atoms with E-state index in [4.69, 9.17) is 5.73 Å². The molecule has 1 saturated carbocycles. The lowest BCUT2D eigenvalue weighted by atomic mass is 9.67. The Bertz CT molecular complexity index is 741. The summed E-state index contributed by atoms with van der Waals surface area (Å²) in [7, 11) is 1.60. The minimum atomic E-state index is -1.07. The molecule has 1 amide bonds. The average Bonchev–Trinajstić information content (AvgIpc) is 3.38. The van der Waals surface area contributed by atoms with Gasteiger partial charge in [-0.2, -0.15) is 0 Å². The second-order valence-corrected chi connectivity index (χ2v) is 7.71. The second-order valence-electron chi connectivity index (χ2n) is 7.71. The Balaban J connectivity index is 2.15. The van der Waals surface area contributed by atoms with Crippen LogP contribution >= 0.6 is 0 Å². The zero-order valence-corrected chi connectivity index (χ0v) is 15.6. The van der Waals surface area contributed by atoms with Gasteiger partial charge in [0.1, 0.15) is 11.4 Å². The molecule has 25 heavy (non-hydrogen) atoms. The van der Waals surface area contributed by atoms with E-state index >= 15 is 0 Å². The first-order valence-corrected chi connectivity index (χ1v) is 8.83. The van der Waals surface area contributed by atoms with Crippen LogP contribution in [-0.2, 0) is 10.3 Å². The van der Waals surface area contributed by atoms with E-state index in [2.05, 4.69) is 16.8 Å². The summed E-state index contributed by atoms with van der Waals surface area (Å²) in [5.74, 6) is -0.409. The molecular weight excluding hydrogens is 319 g/mol. The summed E-state index contributed by atoms with van der Waals surface area (Å²) >= 11 is 0. The van der Waals surface area contributed by atoms with Crippen LogP contribution < -0.4 is 10.6 Å². The molecule has 2 aliphatic rings. The maximum Gasteiger partial charge on any atom is 0.237 e. The molecule has 2 N–H and O–H groups in total. The summed E-state index contributed by atoms with van der Waals surface area (Å²) < 4.78 is 14.8. The molecule has 5 nitrogen and oxygen atoms in total. The number of nitrogens with zero attached hydrogens (tertiary/aromatic N) is 3. The van der Waals surface area contributed by atoms with Gasteiger partial charge in [0.25, 0.3) is 0 Å². The van der Waals surface area contributed by atoms with E-state index in [1.807, 2.05) is 6.07 Å². The Hall–Kier alpha value is -2.11. The quantitative estimate of drug-likeness (QED) is 0.912. The van der Waals surface area contributed by atoms with Gasteiger partial charge in [0, 0.05) is 30.9 Å². The smallest absolute Gasteiger partial charge is 0.237 e. The third kappa shape index (κ3) is 2.58. The fraction of sp³-hybridized carbons (Fsp3) is 0.579. The van der Waals surface area contributed by atoms with Gasteiger partial charge in [-0.1, -0.05) is 0 Å². The van der Waals surface area contributed by atoms with Crippen molar-refractivity contribution < 1.29 is 9.18 Å². The van der Waals surface area contributed by atoms with Crippen molar-refractivity contribution in [3.8, 4) is 0 Å². The molecule has 1 aliphatic carbocycles. The summed E-state index contributed by atoms with van der Waals surface area (Å²) in [4.78, 5) is 21.0. The summed E-state index contributed by atoms with van der Waals surface area (Å²) in [5.41, 5.74) is 5.36. The minimum Gasteiger partial charge on any atom is -0.369 e. The van der Waals surface area contributed by atoms with E-state index in [0.29, 0.717) is 11.6 Å². The molecule has 1 aromatic rings. The van der Waals surface area contributed by atoms with Crippen LogP contribution in [-0.4, -0.2) is 36.4 Å². The topological polar surface area (TPSA) is 61.9 Å². The highest BCUT2D eigenvalue weighted by Gasteiger charge is 2.54. The van der Waals surface area contributed by atoms with Crippen LogP contribution in [0.2, 0.25) is 0 Å². The van der Waals surface area contributed by atoms with Crippen LogP contribution in [0.3, 0.4) is 0 Å². The third-order valence-electron chi connectivity index (χ3n) is 5.87. The highest BCUT2D eigenvalue weighted by Crippen LogP contribution is 2.48. The Morgan fingerprint density at radius 3 is 2.56 bits per heavy atom. The number of rotatable bonds is 4. The monoisotopic (exact) mass is 346 g/mol. The van der Waals surface area contributed by atoms with Crippen LogP contribution in [0.1, 0.15) is 46.1 Å². The van der Waals surface area contributed by atoms with E-state index < -0.39 is 11.0 Å². The van der Waals surface area contributed by atoms with Gasteiger partial charge in [-0.3, -0.25) is 9.69 Å². The molecule has 1 fully saturated rings. The summed E-state index contributed by atoms with van der Waals surface area (Å²) in [5, 5.41) is 0. The molecule has 0 radical (unpaired) electrons. The normalized spacial score (nSPS) is 25.8. The summed E-state index contributed by atoms with van der Waals surface area (Å²) in [6, 6.07) is 5.65. The molecule has 0 unspecified atom stereocenters. The molecule has 1 heterocycles. The van der Waals surface area contributed by atoms with E-state index in [1.165, 1.54) is 11.0 Å². The maximum absolute atomic E-state index is 14.8. The number of halogens is 1. The van der Waals surface area contributed by atoms with Crippen molar-refractivity contribution in [1.29, 1.82) is 0 Å². The van der Waals surface area contributed by atoms with Gasteiger partial charge in [-0.05, 0) is 58.7 Å². The first-order chi connectivity index (χ1) is 11.6. The number of carbonyl (C=O) groups is 1. The molecule has 0 spiro atoms. The number of amides is 1. The number of nitrogens with two attached hydrogens (primary N) is 1. The van der Waals surface area contributed by atoms with Gasteiger partial charge in [0.2, 0.25) is 5.91 Å². The maximum atomic E-state index is 14.8. The number of benzene rings is 1. The van der Waals surface area contributed by atoms with Gasteiger partial charge in [-0.15, -0.1) is 0 Å². The van der Waals surface area contributed by atoms with Crippen LogP contribution in [0.25, 0.3) is 0 Å². The van der Waals surface area contributed by atoms with Gasteiger partial charge in [0.05, 0.1) is 5.41 Å². The van der Waals surface area contributed by atoms with Crippen molar-refractivity contribution in [3.63, 3.8) is 0 Å². The van der Waals surface area contributed by atoms with Crippen molar-refractivity contribution in [3.05, 3.63) is 29.6 Å². The van der Waals surface area contributed by atoms with E-state index in [1.54, 1.807) is 33.9 Å². The second kappa shape index (κ2) is 5.71. The van der Waals surface area contributed by atoms with E-state index in [0.717, 1.165) is 25.1 Å². The fourth-order valence-corrected chi connectivity index (χ4v) is 3.68. The molecule has 3 rings (SSSR count). The van der Waals surface area contributed by atoms with Crippen LogP contribution in [0.15, 0.2) is 23.2 Å². The standard InChI is InChI=1S/C19H27FN4O/c1-6-24(12-7-8-12)13-9-10-15(20)14(11-13)19(4)18(2,3)16(25)23(5)17(21)22-19/h9-12H,6-8H2,1-5H3,(H2,21,22)/t19-/m1/s1. The van der Waals surface area contributed by atoms with Gasteiger partial charge >= 0.3 is 0 Å². The van der Waals surface area contributed by atoms with E-state index in [-0.39, 0.29) is 17.7 Å². The zero-order valence-electron chi connectivity index (χ0n) is 15.6. The highest BCUT2D eigenvalue weighted by atomic mass is 19.1.